The van der Waals surface area contributed by atoms with Gasteiger partial charge in [0.25, 0.3) is 6.71 Å². The molecule has 2 aromatic heterocycles. The third kappa shape index (κ3) is 2.94. The smallest absolute Gasteiger partial charge is 0.252 e. The van der Waals surface area contributed by atoms with Crippen LogP contribution >= 0.6 is 0 Å². The molecule has 0 amide bonds. The van der Waals surface area contributed by atoms with Crippen LogP contribution in [0.4, 0.5) is 0 Å². The molecule has 0 unspecified atom stereocenters. The molecule has 2 aliphatic heterocycles. The van der Waals surface area contributed by atoms with Crippen LogP contribution in [0.2, 0.25) is 0 Å². The highest BCUT2D eigenvalue weighted by atomic mass is 15.1. The van der Waals surface area contributed by atoms with Gasteiger partial charge < -0.3 is 4.57 Å². The van der Waals surface area contributed by atoms with Crippen molar-refractivity contribution >= 4 is 62.0 Å². The maximum absolute atomic E-state index is 5.39. The molecule has 4 heterocycles. The van der Waals surface area contributed by atoms with Gasteiger partial charge in [-0.05, 0) is 81.7 Å². The summed E-state index contributed by atoms with van der Waals surface area (Å²) >= 11 is 0. The van der Waals surface area contributed by atoms with Gasteiger partial charge in [-0.15, -0.1) is 0 Å². The average Bonchev–Trinajstić information content (AvgIpc) is 3.58. The zero-order chi connectivity index (χ0) is 28.6. The fraction of sp³-hybridized carbons (Fsp3) is 0.154. The SMILES string of the molecule is CC(C)(C)c1ccc2c(c1)c1ccc3c4c1n2-c1ccccc1B4c1c2c(cc4nc(-c5ccccc5)n-3c14)C=CCC2. The Balaban J connectivity index is 1.44. The zero-order valence-corrected chi connectivity index (χ0v) is 24.6. The van der Waals surface area contributed by atoms with E-state index in [9.17, 15) is 0 Å². The van der Waals surface area contributed by atoms with Gasteiger partial charge in [0, 0.05) is 27.7 Å². The first-order chi connectivity index (χ1) is 21.0. The van der Waals surface area contributed by atoms with Gasteiger partial charge in [0.05, 0.1) is 22.1 Å². The van der Waals surface area contributed by atoms with Crippen LogP contribution in [0.25, 0.3) is 61.7 Å². The van der Waals surface area contributed by atoms with Crippen molar-refractivity contribution in [1.29, 1.82) is 0 Å². The molecule has 0 N–H and O–H groups in total. The number of para-hydroxylation sites is 1. The van der Waals surface area contributed by atoms with Gasteiger partial charge in [-0.3, -0.25) is 4.57 Å². The van der Waals surface area contributed by atoms with E-state index in [1.807, 2.05) is 0 Å². The molecule has 0 spiro atoms. The van der Waals surface area contributed by atoms with Gasteiger partial charge in [0.1, 0.15) is 5.82 Å². The van der Waals surface area contributed by atoms with Crippen molar-refractivity contribution < 1.29 is 0 Å². The number of benzene rings is 5. The Labute approximate surface area is 251 Å². The lowest BCUT2D eigenvalue weighted by atomic mass is 9.33. The van der Waals surface area contributed by atoms with Crippen LogP contribution in [0.15, 0.2) is 97.1 Å². The largest absolute Gasteiger partial charge is 0.310 e. The summed E-state index contributed by atoms with van der Waals surface area (Å²) in [5.74, 6) is 1.02. The van der Waals surface area contributed by atoms with E-state index in [1.54, 1.807) is 0 Å². The lowest BCUT2D eigenvalue weighted by Crippen LogP contribution is -2.60. The molecule has 0 bridgehead atoms. The first kappa shape index (κ1) is 23.7. The van der Waals surface area contributed by atoms with Gasteiger partial charge >= 0.3 is 0 Å². The Bertz CT molecular complexity index is 2380. The molecular formula is C39H30BN3. The minimum atomic E-state index is 0.0793. The number of fused-ring (bicyclic) bond motifs is 10. The van der Waals surface area contributed by atoms with Crippen molar-refractivity contribution in [1.82, 2.24) is 14.1 Å². The van der Waals surface area contributed by atoms with Crippen molar-refractivity contribution in [2.75, 3.05) is 0 Å². The maximum Gasteiger partial charge on any atom is 0.252 e. The number of allylic oxidation sites excluding steroid dienone is 1. The molecule has 3 aliphatic rings. The fourth-order valence-electron chi connectivity index (χ4n) is 8.23. The number of aromatic nitrogens is 3. The maximum atomic E-state index is 5.39. The van der Waals surface area contributed by atoms with E-state index in [4.69, 9.17) is 4.98 Å². The van der Waals surface area contributed by atoms with Crippen LogP contribution in [-0.4, -0.2) is 20.8 Å². The van der Waals surface area contributed by atoms with Crippen molar-refractivity contribution in [2.24, 2.45) is 0 Å². The predicted molar refractivity (Wildman–Crippen MR) is 182 cm³/mol. The van der Waals surface area contributed by atoms with Crippen LogP contribution < -0.4 is 16.4 Å². The highest BCUT2D eigenvalue weighted by Gasteiger charge is 2.42. The minimum Gasteiger partial charge on any atom is -0.310 e. The van der Waals surface area contributed by atoms with Gasteiger partial charge in [-0.1, -0.05) is 93.6 Å². The lowest BCUT2D eigenvalue weighted by Gasteiger charge is -2.35. The summed E-state index contributed by atoms with van der Waals surface area (Å²) < 4.78 is 5.04. The molecule has 0 fully saturated rings. The first-order valence-corrected chi connectivity index (χ1v) is 15.5. The Morgan fingerprint density at radius 1 is 0.744 bits per heavy atom. The molecule has 0 saturated carbocycles. The Morgan fingerprint density at radius 2 is 1.58 bits per heavy atom. The van der Waals surface area contributed by atoms with E-state index in [0.717, 1.165) is 29.7 Å². The van der Waals surface area contributed by atoms with Crippen molar-refractivity contribution in [3.05, 3.63) is 114 Å². The molecule has 0 saturated heterocycles. The van der Waals surface area contributed by atoms with Crippen LogP contribution in [0.5, 0.6) is 0 Å². The minimum absolute atomic E-state index is 0.0793. The topological polar surface area (TPSA) is 22.8 Å². The zero-order valence-electron chi connectivity index (χ0n) is 24.6. The number of hydrogen-bond acceptors (Lipinski definition) is 1. The van der Waals surface area contributed by atoms with Crippen LogP contribution in [0.1, 0.15) is 43.9 Å². The summed E-state index contributed by atoms with van der Waals surface area (Å²) in [5.41, 5.74) is 17.2. The molecule has 0 radical (unpaired) electrons. The van der Waals surface area contributed by atoms with Gasteiger partial charge in [-0.25, -0.2) is 4.98 Å². The van der Waals surface area contributed by atoms with Crippen LogP contribution in [-0.2, 0) is 11.8 Å². The molecular weight excluding hydrogens is 521 g/mol. The summed E-state index contributed by atoms with van der Waals surface area (Å²) in [6.45, 7) is 7.08. The molecule has 43 heavy (non-hydrogen) atoms. The third-order valence-electron chi connectivity index (χ3n) is 10.1. The Hall–Kier alpha value is -4.83. The Morgan fingerprint density at radius 3 is 2.44 bits per heavy atom. The van der Waals surface area contributed by atoms with E-state index in [2.05, 4.69) is 133 Å². The van der Waals surface area contributed by atoms with Gasteiger partial charge in [0.2, 0.25) is 0 Å². The lowest BCUT2D eigenvalue weighted by molar-refractivity contribution is 0.591. The highest BCUT2D eigenvalue weighted by molar-refractivity contribution is 7.00. The summed E-state index contributed by atoms with van der Waals surface area (Å²) in [5, 5.41) is 2.67. The highest BCUT2D eigenvalue weighted by Crippen LogP contribution is 2.41. The van der Waals surface area contributed by atoms with E-state index < -0.39 is 0 Å². The number of nitrogens with zero attached hydrogens (tertiary/aromatic N) is 3. The van der Waals surface area contributed by atoms with E-state index in [-0.39, 0.29) is 12.1 Å². The summed E-state index contributed by atoms with van der Waals surface area (Å²) in [6, 6.07) is 34.1. The Kier molecular flexibility index (Phi) is 4.39. The monoisotopic (exact) mass is 551 g/mol. The molecule has 4 heteroatoms. The van der Waals surface area contributed by atoms with E-state index in [1.165, 1.54) is 71.8 Å². The quantitative estimate of drug-likeness (QED) is 0.198. The number of hydrogen-bond donors (Lipinski definition) is 0. The summed E-state index contributed by atoms with van der Waals surface area (Å²) in [4.78, 5) is 5.39. The van der Waals surface area contributed by atoms with Gasteiger partial charge in [-0.2, -0.15) is 0 Å². The second kappa shape index (κ2) is 7.96. The van der Waals surface area contributed by atoms with E-state index in [0.29, 0.717) is 0 Å². The summed E-state index contributed by atoms with van der Waals surface area (Å²) in [7, 11) is 0. The van der Waals surface area contributed by atoms with Gasteiger partial charge in [0.15, 0.2) is 0 Å². The van der Waals surface area contributed by atoms with Crippen LogP contribution in [0, 0.1) is 0 Å². The molecule has 204 valence electrons. The second-order valence-corrected chi connectivity index (χ2v) is 13.5. The normalized spacial score (nSPS) is 14.5. The fourth-order valence-corrected chi connectivity index (χ4v) is 8.23. The number of rotatable bonds is 1. The predicted octanol–water partition coefficient (Wildman–Crippen LogP) is 7.19. The first-order valence-electron chi connectivity index (χ1n) is 15.5. The van der Waals surface area contributed by atoms with Crippen molar-refractivity contribution in [3.8, 4) is 22.8 Å². The molecule has 7 aromatic rings. The third-order valence-corrected chi connectivity index (χ3v) is 10.1. The van der Waals surface area contributed by atoms with Crippen molar-refractivity contribution in [3.63, 3.8) is 0 Å². The molecule has 10 rings (SSSR count). The summed E-state index contributed by atoms with van der Waals surface area (Å²) in [6.07, 6.45) is 6.79. The molecule has 5 aromatic carbocycles. The number of imidazole rings is 1. The molecule has 3 nitrogen and oxygen atoms in total. The molecule has 0 atom stereocenters. The van der Waals surface area contributed by atoms with E-state index >= 15 is 0 Å². The second-order valence-electron chi connectivity index (χ2n) is 13.5. The average molecular weight is 552 g/mol. The van der Waals surface area contributed by atoms with Crippen LogP contribution in [0.3, 0.4) is 0 Å². The standard InChI is InChI=1S/C39H30BN3/c1-39(2,3)25-17-19-31-28(22-25)27-18-20-33-35-36(27)42(31)32-16-10-9-15-29(32)40(35)34-26-14-8-7-13-24(26)21-30-37(34)43(33)38(41-30)23-11-5-4-6-12-23/h4-7,9-13,15-22H,8,14H2,1-3H3. The molecule has 1 aliphatic carbocycles. The van der Waals surface area contributed by atoms with Crippen molar-refractivity contribution in [2.45, 2.75) is 39.0 Å².